The van der Waals surface area contributed by atoms with Gasteiger partial charge in [-0.2, -0.15) is 5.26 Å². The predicted molar refractivity (Wildman–Crippen MR) is 79.3 cm³/mol. The summed E-state index contributed by atoms with van der Waals surface area (Å²) in [6.07, 6.45) is 0. The number of hydrogen-bond donors (Lipinski definition) is 1. The first-order chi connectivity index (χ1) is 9.51. The van der Waals surface area contributed by atoms with E-state index in [0.717, 1.165) is 16.8 Å². The molecule has 0 heterocycles. The Bertz CT molecular complexity index is 677. The minimum Gasteiger partial charge on any atom is -0.378 e. The lowest BCUT2D eigenvalue weighted by atomic mass is 10.1. The molecular formula is C16H14ClFN2. The van der Waals surface area contributed by atoms with Gasteiger partial charge >= 0.3 is 0 Å². The van der Waals surface area contributed by atoms with Crippen LogP contribution in [-0.2, 0) is 0 Å². The number of nitrogens with one attached hydrogen (secondary N) is 1. The number of aryl methyl sites for hydroxylation is 1. The molecule has 0 radical (unpaired) electrons. The average Bonchev–Trinajstić information content (AvgIpc) is 2.44. The largest absolute Gasteiger partial charge is 0.378 e. The zero-order chi connectivity index (χ0) is 14.7. The van der Waals surface area contributed by atoms with Crippen molar-refractivity contribution in [2.45, 2.75) is 19.9 Å². The third-order valence-corrected chi connectivity index (χ3v) is 3.47. The molecule has 0 saturated carbocycles. The Labute approximate surface area is 122 Å². The number of rotatable bonds is 3. The van der Waals surface area contributed by atoms with Crippen LogP contribution in [0.15, 0.2) is 36.4 Å². The Morgan fingerprint density at radius 2 is 2.00 bits per heavy atom. The van der Waals surface area contributed by atoms with Crippen LogP contribution in [0.1, 0.15) is 29.7 Å². The first-order valence-electron chi connectivity index (χ1n) is 6.23. The summed E-state index contributed by atoms with van der Waals surface area (Å²) >= 11 is 5.79. The van der Waals surface area contributed by atoms with Gasteiger partial charge in [-0.05, 0) is 49.2 Å². The lowest BCUT2D eigenvalue weighted by Gasteiger charge is -2.18. The van der Waals surface area contributed by atoms with Crippen LogP contribution in [0.2, 0.25) is 5.02 Å². The molecule has 0 aliphatic heterocycles. The van der Waals surface area contributed by atoms with E-state index in [4.69, 9.17) is 16.9 Å². The maximum absolute atomic E-state index is 13.2. The molecule has 0 aliphatic carbocycles. The summed E-state index contributed by atoms with van der Waals surface area (Å²) in [6.45, 7) is 3.93. The molecule has 0 bridgehead atoms. The quantitative estimate of drug-likeness (QED) is 0.878. The summed E-state index contributed by atoms with van der Waals surface area (Å²) in [5.41, 5.74) is 3.42. The lowest BCUT2D eigenvalue weighted by Crippen LogP contribution is -2.08. The fourth-order valence-electron chi connectivity index (χ4n) is 1.95. The molecule has 2 rings (SSSR count). The maximum Gasteiger partial charge on any atom is 0.141 e. The summed E-state index contributed by atoms with van der Waals surface area (Å²) in [5, 5.41) is 12.4. The van der Waals surface area contributed by atoms with E-state index in [0.29, 0.717) is 5.56 Å². The first kappa shape index (κ1) is 14.4. The number of anilines is 1. The Hall–Kier alpha value is -2.05. The Morgan fingerprint density at radius 1 is 1.25 bits per heavy atom. The van der Waals surface area contributed by atoms with Crippen LogP contribution in [0.25, 0.3) is 0 Å². The van der Waals surface area contributed by atoms with E-state index in [9.17, 15) is 4.39 Å². The normalized spacial score (nSPS) is 11.8. The summed E-state index contributed by atoms with van der Waals surface area (Å²) in [6, 6.07) is 12.2. The van der Waals surface area contributed by atoms with Gasteiger partial charge in [-0.15, -0.1) is 0 Å². The second-order valence-corrected chi connectivity index (χ2v) is 5.09. The van der Waals surface area contributed by atoms with Crippen LogP contribution in [0.3, 0.4) is 0 Å². The van der Waals surface area contributed by atoms with Crippen LogP contribution in [-0.4, -0.2) is 0 Å². The fraction of sp³-hybridized carbons (Fsp3) is 0.188. The second kappa shape index (κ2) is 5.94. The lowest BCUT2D eigenvalue weighted by molar-refractivity contribution is 0.627. The van der Waals surface area contributed by atoms with Crippen LogP contribution in [0.5, 0.6) is 0 Å². The van der Waals surface area contributed by atoms with E-state index in [1.165, 1.54) is 6.07 Å². The van der Waals surface area contributed by atoms with Crippen LogP contribution >= 0.6 is 11.6 Å². The molecule has 0 aromatic heterocycles. The Balaban J connectivity index is 2.25. The summed E-state index contributed by atoms with van der Waals surface area (Å²) < 4.78 is 13.2. The van der Waals surface area contributed by atoms with Crippen molar-refractivity contribution in [3.8, 4) is 6.07 Å². The molecule has 102 valence electrons. The minimum absolute atomic E-state index is 0.0410. The number of halogens is 2. The van der Waals surface area contributed by atoms with E-state index >= 15 is 0 Å². The highest BCUT2D eigenvalue weighted by molar-refractivity contribution is 6.30. The molecule has 0 aliphatic rings. The number of nitriles is 1. The van der Waals surface area contributed by atoms with Gasteiger partial charge in [0, 0.05) is 11.7 Å². The van der Waals surface area contributed by atoms with Gasteiger partial charge in [0.1, 0.15) is 5.82 Å². The van der Waals surface area contributed by atoms with Gasteiger partial charge in [-0.25, -0.2) is 4.39 Å². The zero-order valence-corrected chi connectivity index (χ0v) is 12.0. The summed E-state index contributed by atoms with van der Waals surface area (Å²) in [4.78, 5) is 0. The molecule has 0 saturated heterocycles. The highest BCUT2D eigenvalue weighted by atomic mass is 35.5. The fourth-order valence-corrected chi connectivity index (χ4v) is 2.13. The third-order valence-electron chi connectivity index (χ3n) is 3.18. The molecule has 0 spiro atoms. The SMILES string of the molecule is Cc1ccc(C#N)cc1NC(C)c1ccc(F)c(Cl)c1. The van der Waals surface area contributed by atoms with Gasteiger partial charge in [0.2, 0.25) is 0 Å². The number of nitrogens with zero attached hydrogens (tertiary/aromatic N) is 1. The van der Waals surface area contributed by atoms with Gasteiger partial charge in [0.15, 0.2) is 0 Å². The smallest absolute Gasteiger partial charge is 0.141 e. The molecule has 0 fully saturated rings. The van der Waals surface area contributed by atoms with Gasteiger partial charge < -0.3 is 5.32 Å². The van der Waals surface area contributed by atoms with Gasteiger partial charge in [-0.1, -0.05) is 23.7 Å². The third kappa shape index (κ3) is 3.09. The van der Waals surface area contributed by atoms with E-state index in [1.54, 1.807) is 24.3 Å². The summed E-state index contributed by atoms with van der Waals surface area (Å²) in [7, 11) is 0. The zero-order valence-electron chi connectivity index (χ0n) is 11.2. The van der Waals surface area contributed by atoms with Crippen molar-refractivity contribution in [1.29, 1.82) is 5.26 Å². The average molecular weight is 289 g/mol. The van der Waals surface area contributed by atoms with Gasteiger partial charge in [0.05, 0.1) is 16.7 Å². The first-order valence-corrected chi connectivity index (χ1v) is 6.61. The monoisotopic (exact) mass is 288 g/mol. The van der Waals surface area contributed by atoms with Crippen molar-refractivity contribution in [2.75, 3.05) is 5.32 Å². The van der Waals surface area contributed by atoms with E-state index in [-0.39, 0.29) is 11.1 Å². The van der Waals surface area contributed by atoms with Crippen LogP contribution in [0.4, 0.5) is 10.1 Å². The van der Waals surface area contributed by atoms with E-state index in [2.05, 4.69) is 11.4 Å². The molecule has 1 N–H and O–H groups in total. The molecule has 0 amide bonds. The predicted octanol–water partition coefficient (Wildman–Crippen LogP) is 4.83. The van der Waals surface area contributed by atoms with Crippen molar-refractivity contribution in [1.82, 2.24) is 0 Å². The molecule has 2 aromatic carbocycles. The van der Waals surface area contributed by atoms with Crippen molar-refractivity contribution in [3.63, 3.8) is 0 Å². The molecular weight excluding hydrogens is 275 g/mol. The maximum atomic E-state index is 13.2. The number of hydrogen-bond acceptors (Lipinski definition) is 2. The second-order valence-electron chi connectivity index (χ2n) is 4.68. The van der Waals surface area contributed by atoms with Crippen LogP contribution in [0, 0.1) is 24.1 Å². The molecule has 20 heavy (non-hydrogen) atoms. The highest BCUT2D eigenvalue weighted by Crippen LogP contribution is 2.25. The number of benzene rings is 2. The van der Waals surface area contributed by atoms with Crippen molar-refractivity contribution in [3.05, 3.63) is 63.9 Å². The van der Waals surface area contributed by atoms with Crippen molar-refractivity contribution < 1.29 is 4.39 Å². The van der Waals surface area contributed by atoms with E-state index < -0.39 is 5.82 Å². The van der Waals surface area contributed by atoms with Crippen LogP contribution < -0.4 is 5.32 Å². The van der Waals surface area contributed by atoms with Crippen molar-refractivity contribution >= 4 is 17.3 Å². The molecule has 1 atom stereocenters. The topological polar surface area (TPSA) is 35.8 Å². The molecule has 2 nitrogen and oxygen atoms in total. The van der Waals surface area contributed by atoms with Crippen molar-refractivity contribution in [2.24, 2.45) is 0 Å². The molecule has 1 unspecified atom stereocenters. The Morgan fingerprint density at radius 3 is 2.65 bits per heavy atom. The molecule has 2 aromatic rings. The van der Waals surface area contributed by atoms with E-state index in [1.807, 2.05) is 19.9 Å². The summed E-state index contributed by atoms with van der Waals surface area (Å²) in [5.74, 6) is -0.426. The molecule has 4 heteroatoms. The minimum atomic E-state index is -0.426. The highest BCUT2D eigenvalue weighted by Gasteiger charge is 2.10. The standard InChI is InChI=1S/C16H14ClFN2/c1-10-3-4-12(9-19)7-16(10)20-11(2)13-5-6-15(18)14(17)8-13/h3-8,11,20H,1-2H3. The van der Waals surface area contributed by atoms with Gasteiger partial charge in [-0.3, -0.25) is 0 Å². The Kier molecular flexibility index (Phi) is 4.26. The van der Waals surface area contributed by atoms with Gasteiger partial charge in [0.25, 0.3) is 0 Å².